The van der Waals surface area contributed by atoms with Crippen molar-refractivity contribution in [2.24, 2.45) is 7.05 Å². The van der Waals surface area contributed by atoms with Gasteiger partial charge in [0.05, 0.1) is 12.1 Å². The molecule has 0 unspecified atom stereocenters. The fraction of sp³-hybridized carbons (Fsp3) is 0.235. The number of esters is 1. The highest BCUT2D eigenvalue weighted by Gasteiger charge is 2.20. The van der Waals surface area contributed by atoms with E-state index >= 15 is 0 Å². The predicted octanol–water partition coefficient (Wildman–Crippen LogP) is 2.83. The number of rotatable bonds is 5. The molecule has 0 N–H and O–H groups in total. The second kappa shape index (κ2) is 7.12. The SMILES string of the molecule is Cc1cc(CC(=O)OCC#N)n(C)c1C(=O)c1ccc(Cl)cc1. The molecule has 1 heterocycles. The largest absolute Gasteiger partial charge is 0.450 e. The molecular weight excluding hydrogens is 316 g/mol. The molecular formula is C17H15ClN2O3. The standard InChI is InChI=1S/C17H15ClN2O3/c1-11-9-14(10-15(21)23-8-7-19)20(2)16(11)17(22)12-3-5-13(18)6-4-12/h3-6,9H,8,10H2,1-2H3. The number of hydrogen-bond donors (Lipinski definition) is 0. The van der Waals surface area contributed by atoms with Gasteiger partial charge in [0.25, 0.3) is 0 Å². The number of aryl methyl sites for hydroxylation is 1. The Balaban J connectivity index is 2.27. The molecule has 0 amide bonds. The van der Waals surface area contributed by atoms with E-state index in [-0.39, 0.29) is 18.8 Å². The molecule has 23 heavy (non-hydrogen) atoms. The number of nitrogens with zero attached hydrogens (tertiary/aromatic N) is 2. The van der Waals surface area contributed by atoms with E-state index in [2.05, 4.69) is 0 Å². The van der Waals surface area contributed by atoms with Crippen LogP contribution in [0.1, 0.15) is 27.3 Å². The smallest absolute Gasteiger partial charge is 0.312 e. The molecule has 0 bridgehead atoms. The zero-order chi connectivity index (χ0) is 17.0. The number of ether oxygens (including phenoxy) is 1. The monoisotopic (exact) mass is 330 g/mol. The first-order chi connectivity index (χ1) is 10.9. The second-order valence-electron chi connectivity index (χ2n) is 5.06. The van der Waals surface area contributed by atoms with Gasteiger partial charge in [0.2, 0.25) is 5.78 Å². The number of ketones is 1. The highest BCUT2D eigenvalue weighted by Crippen LogP contribution is 2.20. The fourth-order valence-corrected chi connectivity index (χ4v) is 2.50. The average molecular weight is 331 g/mol. The van der Waals surface area contributed by atoms with Gasteiger partial charge in [0, 0.05) is 23.3 Å². The summed E-state index contributed by atoms with van der Waals surface area (Å²) < 4.78 is 6.43. The fourth-order valence-electron chi connectivity index (χ4n) is 2.37. The third-order valence-electron chi connectivity index (χ3n) is 3.47. The zero-order valence-corrected chi connectivity index (χ0v) is 13.6. The van der Waals surface area contributed by atoms with Crippen molar-refractivity contribution in [3.63, 3.8) is 0 Å². The summed E-state index contributed by atoms with van der Waals surface area (Å²) in [6.07, 6.45) is 0.00686. The van der Waals surface area contributed by atoms with Crippen molar-refractivity contribution >= 4 is 23.4 Å². The number of carbonyl (C=O) groups excluding carboxylic acids is 2. The maximum absolute atomic E-state index is 12.6. The molecule has 0 radical (unpaired) electrons. The van der Waals surface area contributed by atoms with Gasteiger partial charge in [-0.2, -0.15) is 5.26 Å². The second-order valence-corrected chi connectivity index (χ2v) is 5.49. The number of carbonyl (C=O) groups is 2. The van der Waals surface area contributed by atoms with E-state index in [1.807, 2.05) is 6.92 Å². The Bertz CT molecular complexity index is 785. The topological polar surface area (TPSA) is 72.1 Å². The Kier molecular flexibility index (Phi) is 5.20. The Hall–Kier alpha value is -2.58. The van der Waals surface area contributed by atoms with Crippen LogP contribution in [-0.2, 0) is 23.0 Å². The van der Waals surface area contributed by atoms with Gasteiger partial charge in [-0.05, 0) is 42.8 Å². The molecule has 0 saturated heterocycles. The summed E-state index contributed by atoms with van der Waals surface area (Å²) in [4.78, 5) is 24.3. The molecule has 5 nitrogen and oxygen atoms in total. The Labute approximate surface area is 139 Å². The summed E-state index contributed by atoms with van der Waals surface area (Å²) in [6, 6.07) is 10.2. The van der Waals surface area contributed by atoms with Gasteiger partial charge in [0.1, 0.15) is 6.07 Å². The average Bonchev–Trinajstić information content (AvgIpc) is 2.79. The minimum atomic E-state index is -0.502. The van der Waals surface area contributed by atoms with Gasteiger partial charge >= 0.3 is 5.97 Å². The van der Waals surface area contributed by atoms with Crippen LogP contribution in [0.3, 0.4) is 0 Å². The molecule has 1 aromatic carbocycles. The lowest BCUT2D eigenvalue weighted by atomic mass is 10.1. The summed E-state index contributed by atoms with van der Waals surface area (Å²) in [6.45, 7) is 1.53. The third-order valence-corrected chi connectivity index (χ3v) is 3.72. The Morgan fingerprint density at radius 1 is 1.30 bits per heavy atom. The normalized spacial score (nSPS) is 10.2. The first kappa shape index (κ1) is 16.8. The van der Waals surface area contributed by atoms with Crippen LogP contribution in [0.2, 0.25) is 5.02 Å². The van der Waals surface area contributed by atoms with E-state index in [1.54, 1.807) is 48.0 Å². The maximum atomic E-state index is 12.6. The quantitative estimate of drug-likeness (QED) is 0.624. The Morgan fingerprint density at radius 2 is 1.96 bits per heavy atom. The lowest BCUT2D eigenvalue weighted by Gasteiger charge is -2.08. The molecule has 0 aliphatic carbocycles. The van der Waals surface area contributed by atoms with Crippen molar-refractivity contribution in [2.75, 3.05) is 6.61 Å². The lowest BCUT2D eigenvalue weighted by molar-refractivity contribution is -0.141. The minimum absolute atomic E-state index is 0.00686. The number of aromatic nitrogens is 1. The van der Waals surface area contributed by atoms with Crippen molar-refractivity contribution < 1.29 is 14.3 Å². The summed E-state index contributed by atoms with van der Waals surface area (Å²) in [5.74, 6) is -0.643. The maximum Gasteiger partial charge on any atom is 0.312 e. The lowest BCUT2D eigenvalue weighted by Crippen LogP contribution is -2.14. The molecule has 6 heteroatoms. The van der Waals surface area contributed by atoms with Crippen LogP contribution in [0.4, 0.5) is 0 Å². The first-order valence-corrected chi connectivity index (χ1v) is 7.30. The van der Waals surface area contributed by atoms with Gasteiger partial charge < -0.3 is 9.30 Å². The highest BCUT2D eigenvalue weighted by molar-refractivity contribution is 6.30. The van der Waals surface area contributed by atoms with E-state index in [1.165, 1.54) is 0 Å². The van der Waals surface area contributed by atoms with Crippen LogP contribution < -0.4 is 0 Å². The molecule has 1 aromatic heterocycles. The van der Waals surface area contributed by atoms with Crippen LogP contribution in [0.25, 0.3) is 0 Å². The van der Waals surface area contributed by atoms with E-state index < -0.39 is 5.97 Å². The minimum Gasteiger partial charge on any atom is -0.450 e. The van der Waals surface area contributed by atoms with Crippen molar-refractivity contribution in [3.05, 3.63) is 57.9 Å². The number of benzene rings is 1. The van der Waals surface area contributed by atoms with Crippen LogP contribution in [0.15, 0.2) is 30.3 Å². The molecule has 2 aromatic rings. The van der Waals surface area contributed by atoms with Gasteiger partial charge in [0.15, 0.2) is 6.61 Å². The van der Waals surface area contributed by atoms with Gasteiger partial charge in [-0.3, -0.25) is 9.59 Å². The summed E-state index contributed by atoms with van der Waals surface area (Å²) in [5.41, 5.74) is 2.46. The number of halogens is 1. The zero-order valence-electron chi connectivity index (χ0n) is 12.8. The summed E-state index contributed by atoms with van der Waals surface area (Å²) >= 11 is 5.84. The van der Waals surface area contributed by atoms with Crippen LogP contribution >= 0.6 is 11.6 Å². The van der Waals surface area contributed by atoms with Gasteiger partial charge in [-0.25, -0.2) is 0 Å². The van der Waals surface area contributed by atoms with E-state index in [0.29, 0.717) is 22.0 Å². The molecule has 0 aliphatic rings. The molecule has 118 valence electrons. The van der Waals surface area contributed by atoms with Crippen molar-refractivity contribution in [2.45, 2.75) is 13.3 Å². The molecule has 0 saturated carbocycles. The molecule has 2 rings (SSSR count). The van der Waals surface area contributed by atoms with E-state index in [0.717, 1.165) is 5.56 Å². The summed E-state index contributed by atoms with van der Waals surface area (Å²) in [5, 5.41) is 8.98. The van der Waals surface area contributed by atoms with Crippen molar-refractivity contribution in [3.8, 4) is 6.07 Å². The first-order valence-electron chi connectivity index (χ1n) is 6.92. The van der Waals surface area contributed by atoms with Crippen molar-refractivity contribution in [1.82, 2.24) is 4.57 Å². The van der Waals surface area contributed by atoms with Crippen molar-refractivity contribution in [1.29, 1.82) is 5.26 Å². The Morgan fingerprint density at radius 3 is 2.57 bits per heavy atom. The number of nitriles is 1. The van der Waals surface area contributed by atoms with Crippen LogP contribution in [0.5, 0.6) is 0 Å². The summed E-state index contributed by atoms with van der Waals surface area (Å²) in [7, 11) is 1.73. The van der Waals surface area contributed by atoms with E-state index in [4.69, 9.17) is 21.6 Å². The molecule has 0 fully saturated rings. The molecule has 0 aliphatic heterocycles. The number of hydrogen-bond acceptors (Lipinski definition) is 4. The van der Waals surface area contributed by atoms with Gasteiger partial charge in [-0.15, -0.1) is 0 Å². The van der Waals surface area contributed by atoms with Crippen LogP contribution in [-0.4, -0.2) is 22.9 Å². The third kappa shape index (κ3) is 3.79. The van der Waals surface area contributed by atoms with Crippen LogP contribution in [0, 0.1) is 18.3 Å². The van der Waals surface area contributed by atoms with E-state index in [9.17, 15) is 9.59 Å². The highest BCUT2D eigenvalue weighted by atomic mass is 35.5. The predicted molar refractivity (Wildman–Crippen MR) is 85.3 cm³/mol. The van der Waals surface area contributed by atoms with Gasteiger partial charge in [-0.1, -0.05) is 11.6 Å². The molecule has 0 spiro atoms. The molecule has 0 atom stereocenters.